The zero-order valence-corrected chi connectivity index (χ0v) is 23.5. The average Bonchev–Trinajstić information content (AvgIpc) is 2.68. The van der Waals surface area contributed by atoms with Gasteiger partial charge in [-0.05, 0) is 44.0 Å². The van der Waals surface area contributed by atoms with E-state index in [-0.39, 0.29) is 24.8 Å². The summed E-state index contributed by atoms with van der Waals surface area (Å²) in [7, 11) is 0. The molecule has 1 heterocycles. The molecular formula is C25H26Cl4FeN3. The first-order chi connectivity index (χ1) is 14.6. The fourth-order valence-electron chi connectivity index (χ4n) is 3.06. The van der Waals surface area contributed by atoms with Gasteiger partial charge in [-0.15, -0.1) is 0 Å². The Morgan fingerprint density at radius 1 is 0.818 bits per heavy atom. The molecule has 0 unspecified atom stereocenters. The Balaban J connectivity index is 0.000000613. The van der Waals surface area contributed by atoms with Crippen molar-refractivity contribution in [3.8, 4) is 0 Å². The molecular weight excluding hydrogens is 540 g/mol. The number of aliphatic imine (C=N–C) groups is 2. The number of nitrogens with zero attached hydrogens (tertiary/aromatic N) is 3. The Morgan fingerprint density at radius 2 is 1.30 bits per heavy atom. The Labute approximate surface area is 227 Å². The van der Waals surface area contributed by atoms with Gasteiger partial charge in [-0.2, -0.15) is 0 Å². The van der Waals surface area contributed by atoms with Crippen LogP contribution in [0.1, 0.15) is 41.7 Å². The van der Waals surface area contributed by atoms with Crippen LogP contribution >= 0.6 is 23.2 Å². The van der Waals surface area contributed by atoms with Crippen LogP contribution in [0.2, 0.25) is 10.0 Å². The van der Waals surface area contributed by atoms with Crippen molar-refractivity contribution in [2.75, 3.05) is 0 Å². The molecule has 8 heteroatoms. The molecule has 0 saturated carbocycles. The summed E-state index contributed by atoms with van der Waals surface area (Å²) < 4.78 is 0.772. The SMILES string of the molecule is CC(=Nc1c(C)cc(C)cc1Cl)c1cccnc1.C[C]([Fe+2])=Nc1c(C)cc(C)cc1Cl.[Cl-].[Cl-]. The number of rotatable bonds is 3. The number of hydrogen-bond donors (Lipinski definition) is 0. The van der Waals surface area contributed by atoms with Crippen LogP contribution in [0, 0.1) is 27.7 Å². The second-order valence-corrected chi connectivity index (χ2v) is 8.97. The van der Waals surface area contributed by atoms with E-state index in [1.54, 1.807) is 12.4 Å². The van der Waals surface area contributed by atoms with Gasteiger partial charge in [0.1, 0.15) is 0 Å². The van der Waals surface area contributed by atoms with Crippen molar-refractivity contribution < 1.29 is 40.8 Å². The van der Waals surface area contributed by atoms with Gasteiger partial charge in [0.15, 0.2) is 0 Å². The van der Waals surface area contributed by atoms with E-state index in [2.05, 4.69) is 43.1 Å². The summed E-state index contributed by atoms with van der Waals surface area (Å²) in [5.74, 6) is 0. The molecule has 0 spiro atoms. The zero-order chi connectivity index (χ0) is 23.1. The number of halogens is 4. The molecule has 3 nitrogen and oxygen atoms in total. The molecule has 3 aromatic rings. The third-order valence-electron chi connectivity index (χ3n) is 4.42. The predicted molar refractivity (Wildman–Crippen MR) is 131 cm³/mol. The van der Waals surface area contributed by atoms with Gasteiger partial charge < -0.3 is 24.8 Å². The molecule has 0 aliphatic heterocycles. The van der Waals surface area contributed by atoms with Gasteiger partial charge in [-0.25, -0.2) is 0 Å². The van der Waals surface area contributed by atoms with Gasteiger partial charge in [0.25, 0.3) is 0 Å². The second-order valence-electron chi connectivity index (χ2n) is 7.35. The maximum atomic E-state index is 6.24. The fraction of sp³-hybridized carbons (Fsp3) is 0.240. The minimum absolute atomic E-state index is 0. The van der Waals surface area contributed by atoms with Crippen molar-refractivity contribution in [2.24, 2.45) is 9.98 Å². The molecule has 2 aromatic carbocycles. The Morgan fingerprint density at radius 3 is 1.70 bits per heavy atom. The summed E-state index contributed by atoms with van der Waals surface area (Å²) >= 11 is 16.0. The van der Waals surface area contributed by atoms with Crippen LogP contribution in [0.25, 0.3) is 0 Å². The van der Waals surface area contributed by atoms with Gasteiger partial charge in [0.05, 0.1) is 10.7 Å². The van der Waals surface area contributed by atoms with Crippen LogP contribution in [-0.4, -0.2) is 15.3 Å². The number of pyridine rings is 1. The summed E-state index contributed by atoms with van der Waals surface area (Å²) in [6, 6.07) is 11.9. The molecule has 0 bridgehead atoms. The van der Waals surface area contributed by atoms with Crippen LogP contribution < -0.4 is 24.8 Å². The van der Waals surface area contributed by atoms with Crippen LogP contribution in [-0.2, 0) is 16.0 Å². The van der Waals surface area contributed by atoms with Crippen LogP contribution in [0.3, 0.4) is 0 Å². The number of aromatic nitrogens is 1. The first-order valence-electron chi connectivity index (χ1n) is 9.77. The first-order valence-corrected chi connectivity index (χ1v) is 11.1. The van der Waals surface area contributed by atoms with Crippen LogP contribution in [0.15, 0.2) is 58.8 Å². The molecule has 3 rings (SSSR count). The van der Waals surface area contributed by atoms with Gasteiger partial charge in [0.2, 0.25) is 0 Å². The van der Waals surface area contributed by atoms with Crippen molar-refractivity contribution >= 4 is 44.9 Å². The molecule has 0 atom stereocenters. The Bertz CT molecular complexity index is 1080. The van der Waals surface area contributed by atoms with Gasteiger partial charge >= 0.3 is 92.0 Å². The molecule has 33 heavy (non-hydrogen) atoms. The summed E-state index contributed by atoms with van der Waals surface area (Å²) in [6.07, 6.45) is 3.55. The Hall–Kier alpha value is -1.39. The van der Waals surface area contributed by atoms with E-state index in [9.17, 15) is 0 Å². The summed E-state index contributed by atoms with van der Waals surface area (Å²) in [5.41, 5.74) is 8.07. The molecule has 0 N–H and O–H groups in total. The standard InChI is InChI=1S/C15H15ClN2.C10H11ClN.2ClH.Fe/c1-10-7-11(2)15(14(16)8-10)18-12(3)13-5-4-6-17-9-13;1-4-12-10-8(3)5-7(2)6-9(10)11;;;/h4-9H,1-3H3;5-6H,1-3H3;2*1H;/q;;;;+2/p-2. The molecule has 0 amide bonds. The molecule has 1 aromatic heterocycles. The maximum Gasteiger partial charge on any atom is -1.00 e. The smallest absolute Gasteiger partial charge is 1.00 e. The third-order valence-corrected chi connectivity index (χ3v) is 5.12. The Kier molecular flexibility index (Phi) is 14.2. The van der Waals surface area contributed by atoms with E-state index in [0.29, 0.717) is 10.0 Å². The van der Waals surface area contributed by atoms with Crippen molar-refractivity contribution in [2.45, 2.75) is 41.5 Å². The normalized spacial score (nSPS) is 11.0. The van der Waals surface area contributed by atoms with Crippen molar-refractivity contribution in [1.29, 1.82) is 0 Å². The minimum atomic E-state index is 0. The molecule has 177 valence electrons. The number of hydrogen-bond acceptors (Lipinski definition) is 3. The quantitative estimate of drug-likeness (QED) is 0.354. The van der Waals surface area contributed by atoms with E-state index < -0.39 is 0 Å². The second kappa shape index (κ2) is 14.8. The maximum absolute atomic E-state index is 6.24. The van der Waals surface area contributed by atoms with Crippen LogP contribution in [0.5, 0.6) is 0 Å². The van der Waals surface area contributed by atoms with E-state index in [1.165, 1.54) is 0 Å². The van der Waals surface area contributed by atoms with E-state index in [4.69, 9.17) is 23.2 Å². The van der Waals surface area contributed by atoms with Gasteiger partial charge in [0, 0.05) is 23.7 Å². The van der Waals surface area contributed by atoms with Crippen molar-refractivity contribution in [3.05, 3.63) is 86.7 Å². The molecule has 0 aliphatic carbocycles. The van der Waals surface area contributed by atoms with Crippen molar-refractivity contribution in [1.82, 2.24) is 4.98 Å². The van der Waals surface area contributed by atoms with E-state index >= 15 is 0 Å². The van der Waals surface area contributed by atoms with E-state index in [1.807, 2.05) is 65.8 Å². The number of aryl methyl sites for hydroxylation is 4. The van der Waals surface area contributed by atoms with Crippen LogP contribution in [0.4, 0.5) is 11.4 Å². The predicted octanol–water partition coefficient (Wildman–Crippen LogP) is 2.05. The van der Waals surface area contributed by atoms with Gasteiger partial charge in [-0.3, -0.25) is 9.98 Å². The molecule has 0 fully saturated rings. The van der Waals surface area contributed by atoms with Gasteiger partial charge in [-0.1, -0.05) is 23.7 Å². The topological polar surface area (TPSA) is 37.6 Å². The van der Waals surface area contributed by atoms with E-state index in [0.717, 1.165) is 49.5 Å². The zero-order valence-electron chi connectivity index (χ0n) is 19.3. The number of benzene rings is 2. The average molecular weight is 566 g/mol. The summed E-state index contributed by atoms with van der Waals surface area (Å²) in [5, 5.41) is 1.39. The third kappa shape index (κ3) is 9.78. The summed E-state index contributed by atoms with van der Waals surface area (Å²) in [4.78, 5) is 13.0. The minimum Gasteiger partial charge on any atom is -1.00 e. The molecule has 0 aliphatic rings. The first kappa shape index (κ1) is 31.6. The monoisotopic (exact) mass is 564 g/mol. The largest absolute Gasteiger partial charge is 1.00 e. The molecule has 0 saturated heterocycles. The van der Waals surface area contributed by atoms with Crippen molar-refractivity contribution in [3.63, 3.8) is 0 Å². The fourth-order valence-corrected chi connectivity index (χ4v) is 3.91. The summed E-state index contributed by atoms with van der Waals surface area (Å²) in [6.45, 7) is 11.9. The molecule has 0 radical (unpaired) electrons.